The standard InChI is InChI=1S/C33H45F2N5O6/c1-20(2)29-33(44)38-27(18-40-11-13-45-14-12-40)31(42)36-10-6-8-23-7-4-5-9-28(23)46-19-21(3)37-26(32(43)39-29)17-22-15-24(34)30(41)25(35)16-22/h4-5,7,9,15-16,20-21,26-27,29,37,41H,6,8,10-14,17-19H2,1-3H3,(H,36,42)(H,38,44)(H,39,43)/t21-,26+,27-,29+/m0/s1. The topological polar surface area (TPSA) is 141 Å². The van der Waals surface area contributed by atoms with Crippen LogP contribution >= 0.6 is 0 Å². The predicted molar refractivity (Wildman–Crippen MR) is 167 cm³/mol. The number of aryl methyl sites for hydroxylation is 1. The van der Waals surface area contributed by atoms with Gasteiger partial charge >= 0.3 is 0 Å². The van der Waals surface area contributed by atoms with Gasteiger partial charge in [-0.05, 0) is 61.4 Å². The van der Waals surface area contributed by atoms with Crippen LogP contribution in [0.3, 0.4) is 0 Å². The molecule has 0 spiro atoms. The van der Waals surface area contributed by atoms with E-state index in [9.17, 15) is 28.3 Å². The maximum Gasteiger partial charge on any atom is 0.243 e. The number of hydrogen-bond acceptors (Lipinski definition) is 8. The third-order valence-corrected chi connectivity index (χ3v) is 8.13. The van der Waals surface area contributed by atoms with Crippen molar-refractivity contribution in [3.8, 4) is 11.5 Å². The minimum absolute atomic E-state index is 0.133. The molecule has 252 valence electrons. The molecule has 2 aromatic carbocycles. The zero-order valence-electron chi connectivity index (χ0n) is 26.6. The monoisotopic (exact) mass is 645 g/mol. The molecule has 2 aliphatic heterocycles. The van der Waals surface area contributed by atoms with Crippen molar-refractivity contribution in [3.05, 3.63) is 59.2 Å². The van der Waals surface area contributed by atoms with Gasteiger partial charge in [0, 0.05) is 32.2 Å². The lowest BCUT2D eigenvalue weighted by atomic mass is 10.00. The van der Waals surface area contributed by atoms with E-state index in [-0.39, 0.29) is 37.0 Å². The van der Waals surface area contributed by atoms with Crippen LogP contribution in [0.5, 0.6) is 11.5 Å². The van der Waals surface area contributed by atoms with Crippen LogP contribution in [0, 0.1) is 17.6 Å². The molecule has 4 rings (SSSR count). The second-order valence-corrected chi connectivity index (χ2v) is 12.3. The van der Waals surface area contributed by atoms with E-state index in [2.05, 4.69) is 21.3 Å². The Morgan fingerprint density at radius 1 is 0.978 bits per heavy atom. The van der Waals surface area contributed by atoms with Gasteiger partial charge in [0.05, 0.1) is 19.3 Å². The fourth-order valence-electron chi connectivity index (χ4n) is 5.56. The number of rotatable bonds is 5. The Morgan fingerprint density at radius 2 is 1.67 bits per heavy atom. The number of hydrogen-bond donors (Lipinski definition) is 5. The molecule has 0 unspecified atom stereocenters. The number of aromatic hydroxyl groups is 1. The molecule has 0 aromatic heterocycles. The van der Waals surface area contributed by atoms with E-state index in [0.717, 1.165) is 17.7 Å². The molecule has 1 saturated heterocycles. The molecular weight excluding hydrogens is 600 g/mol. The highest BCUT2D eigenvalue weighted by Gasteiger charge is 2.33. The zero-order chi connectivity index (χ0) is 33.2. The largest absolute Gasteiger partial charge is 0.503 e. The van der Waals surface area contributed by atoms with Crippen LogP contribution in [0.25, 0.3) is 0 Å². The molecule has 1 fully saturated rings. The van der Waals surface area contributed by atoms with Crippen molar-refractivity contribution in [2.45, 2.75) is 64.2 Å². The van der Waals surface area contributed by atoms with E-state index < -0.39 is 53.4 Å². The number of para-hydroxylation sites is 1. The number of nitrogens with one attached hydrogen (secondary N) is 4. The fourth-order valence-corrected chi connectivity index (χ4v) is 5.56. The van der Waals surface area contributed by atoms with Gasteiger partial charge in [0.15, 0.2) is 17.4 Å². The Morgan fingerprint density at radius 3 is 2.37 bits per heavy atom. The Labute approximate surface area is 268 Å². The number of amides is 3. The molecule has 0 aliphatic carbocycles. The molecule has 3 amide bonds. The van der Waals surface area contributed by atoms with Crippen LogP contribution < -0.4 is 26.0 Å². The van der Waals surface area contributed by atoms with Gasteiger partial charge in [-0.1, -0.05) is 32.0 Å². The van der Waals surface area contributed by atoms with Gasteiger partial charge in [-0.2, -0.15) is 0 Å². The third kappa shape index (κ3) is 9.84. The van der Waals surface area contributed by atoms with Crippen LogP contribution in [0.1, 0.15) is 38.3 Å². The minimum atomic E-state index is -1.15. The average molecular weight is 646 g/mol. The average Bonchev–Trinajstić information content (AvgIpc) is 3.02. The molecule has 2 heterocycles. The maximum absolute atomic E-state index is 14.2. The molecule has 0 saturated carbocycles. The molecule has 0 bridgehead atoms. The van der Waals surface area contributed by atoms with E-state index in [1.54, 1.807) is 13.8 Å². The maximum atomic E-state index is 14.2. The Kier molecular flexibility index (Phi) is 12.7. The summed E-state index contributed by atoms with van der Waals surface area (Å²) in [6.45, 7) is 8.48. The first-order valence-corrected chi connectivity index (χ1v) is 15.8. The van der Waals surface area contributed by atoms with Crippen LogP contribution in [-0.4, -0.2) is 97.9 Å². The Hall–Kier alpha value is -3.81. The molecule has 4 atom stereocenters. The van der Waals surface area contributed by atoms with Gasteiger partial charge in [-0.25, -0.2) is 8.78 Å². The number of phenols is 1. The summed E-state index contributed by atoms with van der Waals surface area (Å²) in [4.78, 5) is 42.9. The number of benzene rings is 2. The van der Waals surface area contributed by atoms with Gasteiger partial charge in [0.2, 0.25) is 17.7 Å². The van der Waals surface area contributed by atoms with Crippen molar-refractivity contribution < 1.29 is 37.7 Å². The fraction of sp³-hybridized carbons (Fsp3) is 0.545. The molecule has 46 heavy (non-hydrogen) atoms. The number of phenolic OH excluding ortho intramolecular Hbond substituents is 1. The first kappa shape index (κ1) is 35.1. The van der Waals surface area contributed by atoms with Crippen LogP contribution in [0.2, 0.25) is 0 Å². The van der Waals surface area contributed by atoms with Gasteiger partial charge in [0.1, 0.15) is 24.4 Å². The molecule has 0 radical (unpaired) electrons. The lowest BCUT2D eigenvalue weighted by Gasteiger charge is -2.32. The molecule has 2 aliphatic rings. The van der Waals surface area contributed by atoms with E-state index >= 15 is 0 Å². The summed E-state index contributed by atoms with van der Waals surface area (Å²) in [5.41, 5.74) is 1.08. The van der Waals surface area contributed by atoms with Crippen molar-refractivity contribution in [1.82, 2.24) is 26.2 Å². The number of ether oxygens (including phenoxy) is 2. The lowest BCUT2D eigenvalue weighted by Crippen LogP contribution is -2.61. The highest BCUT2D eigenvalue weighted by molar-refractivity contribution is 5.93. The first-order valence-electron chi connectivity index (χ1n) is 15.8. The number of halogens is 2. The molecule has 2 aromatic rings. The molecule has 11 nitrogen and oxygen atoms in total. The second-order valence-electron chi connectivity index (χ2n) is 12.3. The number of nitrogens with zero attached hydrogens (tertiary/aromatic N) is 1. The first-order chi connectivity index (χ1) is 22.0. The SMILES string of the molecule is CC(C)[C@H]1NC(=O)[C@@H](Cc2cc(F)c(O)c(F)c2)N[C@@H](C)COc2ccccc2CCCNC(=O)[C@H](CN2CCOCC2)NC1=O. The third-order valence-electron chi connectivity index (χ3n) is 8.13. The lowest BCUT2D eigenvalue weighted by molar-refractivity contribution is -0.134. The minimum Gasteiger partial charge on any atom is -0.503 e. The Balaban J connectivity index is 1.62. The Bertz CT molecular complexity index is 1330. The number of carbonyl (C=O) groups is 3. The normalized spacial score (nSPS) is 24.5. The predicted octanol–water partition coefficient (Wildman–Crippen LogP) is 1.66. The quantitative estimate of drug-likeness (QED) is 0.331. The van der Waals surface area contributed by atoms with Crippen molar-refractivity contribution >= 4 is 17.7 Å². The number of morpholine rings is 1. The summed E-state index contributed by atoms with van der Waals surface area (Å²) < 4.78 is 40.0. The summed E-state index contributed by atoms with van der Waals surface area (Å²) >= 11 is 0. The van der Waals surface area contributed by atoms with E-state index in [4.69, 9.17) is 9.47 Å². The summed E-state index contributed by atoms with van der Waals surface area (Å²) in [5.74, 6) is -4.51. The summed E-state index contributed by atoms with van der Waals surface area (Å²) in [6, 6.07) is 6.20. The van der Waals surface area contributed by atoms with Gasteiger partial charge in [-0.3, -0.25) is 24.6 Å². The summed E-state index contributed by atoms with van der Waals surface area (Å²) in [6.07, 6.45) is 1.14. The highest BCUT2D eigenvalue weighted by atomic mass is 19.1. The number of carbonyl (C=O) groups excluding carboxylic acids is 3. The van der Waals surface area contributed by atoms with Gasteiger partial charge in [0.25, 0.3) is 0 Å². The molecular formula is C33H45F2N5O6. The second kappa shape index (κ2) is 16.7. The van der Waals surface area contributed by atoms with E-state index in [0.29, 0.717) is 51.4 Å². The molecule has 13 heteroatoms. The molecule has 5 N–H and O–H groups in total. The van der Waals surface area contributed by atoms with Crippen molar-refractivity contribution in [2.24, 2.45) is 5.92 Å². The van der Waals surface area contributed by atoms with Crippen LogP contribution in [0.15, 0.2) is 36.4 Å². The highest BCUT2D eigenvalue weighted by Crippen LogP contribution is 2.23. The van der Waals surface area contributed by atoms with Crippen molar-refractivity contribution in [3.63, 3.8) is 0 Å². The van der Waals surface area contributed by atoms with Gasteiger partial charge < -0.3 is 30.5 Å². The zero-order valence-corrected chi connectivity index (χ0v) is 26.6. The summed E-state index contributed by atoms with van der Waals surface area (Å²) in [5, 5.41) is 21.4. The van der Waals surface area contributed by atoms with Crippen LogP contribution in [0.4, 0.5) is 8.78 Å². The van der Waals surface area contributed by atoms with Crippen LogP contribution in [-0.2, 0) is 32.0 Å². The van der Waals surface area contributed by atoms with E-state index in [1.165, 1.54) is 0 Å². The number of fused-ring (bicyclic) bond motifs is 1. The smallest absolute Gasteiger partial charge is 0.243 e. The van der Waals surface area contributed by atoms with Crippen molar-refractivity contribution in [1.29, 1.82) is 0 Å². The van der Waals surface area contributed by atoms with Crippen molar-refractivity contribution in [2.75, 3.05) is 46.0 Å². The van der Waals surface area contributed by atoms with Gasteiger partial charge in [-0.15, -0.1) is 0 Å². The van der Waals surface area contributed by atoms with E-state index in [1.807, 2.05) is 36.1 Å². The summed E-state index contributed by atoms with van der Waals surface area (Å²) in [7, 11) is 0.